The van der Waals surface area contributed by atoms with E-state index in [-0.39, 0.29) is 36.8 Å². The van der Waals surface area contributed by atoms with Gasteiger partial charge in [0.05, 0.1) is 21.8 Å². The maximum atomic E-state index is 12.5. The molecule has 0 atom stereocenters. The van der Waals surface area contributed by atoms with E-state index in [1.54, 1.807) is 0 Å². The first-order chi connectivity index (χ1) is 10.3. The lowest BCUT2D eigenvalue weighted by Crippen LogP contribution is -2.43. The zero-order valence-corrected chi connectivity index (χ0v) is 14.8. The highest BCUT2D eigenvalue weighted by atomic mass is 35.5. The first-order valence-corrected chi connectivity index (χ1v) is 8.00. The zero-order valence-electron chi connectivity index (χ0n) is 12.3. The van der Waals surface area contributed by atoms with Gasteiger partial charge in [-0.25, -0.2) is 4.98 Å². The number of nitrogens with one attached hydrogen (secondary N) is 2. The van der Waals surface area contributed by atoms with Crippen LogP contribution in [0.5, 0.6) is 0 Å². The molecule has 2 N–H and O–H groups in total. The average molecular weight is 373 g/mol. The van der Waals surface area contributed by atoms with Gasteiger partial charge in [-0.3, -0.25) is 9.20 Å². The van der Waals surface area contributed by atoms with Crippen molar-refractivity contribution >= 4 is 54.2 Å². The Morgan fingerprint density at radius 3 is 2.87 bits per heavy atom. The molecule has 0 unspecified atom stereocenters. The normalized spacial score (nSPS) is 17.0. The summed E-state index contributed by atoms with van der Waals surface area (Å²) in [6.07, 6.45) is 5.73. The van der Waals surface area contributed by atoms with Gasteiger partial charge in [-0.1, -0.05) is 17.8 Å². The summed E-state index contributed by atoms with van der Waals surface area (Å²) in [6, 6.07) is 6.25. The monoisotopic (exact) mass is 372 g/mol. The van der Waals surface area contributed by atoms with Crippen LogP contribution >= 0.6 is 36.6 Å². The molecule has 5 nitrogen and oxygen atoms in total. The maximum absolute atomic E-state index is 12.5. The first kappa shape index (κ1) is 18.1. The fourth-order valence-electron chi connectivity index (χ4n) is 2.82. The molecule has 2 aromatic heterocycles. The van der Waals surface area contributed by atoms with Gasteiger partial charge in [-0.2, -0.15) is 0 Å². The summed E-state index contributed by atoms with van der Waals surface area (Å²) < 4.78 is 2.08. The van der Waals surface area contributed by atoms with Gasteiger partial charge in [0, 0.05) is 6.04 Å². The van der Waals surface area contributed by atoms with E-state index >= 15 is 0 Å². The number of piperidine rings is 1. The van der Waals surface area contributed by atoms with E-state index in [1.807, 2.05) is 30.5 Å². The standard InChI is InChI=1S/C15H16N4OS.2ClH/c20-15(18-10-4-6-16-7-5-10)12-8-11-9-17-13-2-1-3-14(21-12)19(11)13;;/h1-3,8-10,16H,4-7H2,(H,18,20);2*1H. The summed E-state index contributed by atoms with van der Waals surface area (Å²) in [4.78, 5) is 17.6. The van der Waals surface area contributed by atoms with Crippen molar-refractivity contribution in [2.45, 2.75) is 23.9 Å². The molecule has 2 aromatic rings. The highest BCUT2D eigenvalue weighted by Gasteiger charge is 2.22. The van der Waals surface area contributed by atoms with Crippen LogP contribution in [0.1, 0.15) is 18.5 Å². The molecule has 1 saturated heterocycles. The molecule has 1 fully saturated rings. The lowest BCUT2D eigenvalue weighted by molar-refractivity contribution is -0.117. The second-order valence-corrected chi connectivity index (χ2v) is 6.41. The fourth-order valence-corrected chi connectivity index (χ4v) is 3.81. The van der Waals surface area contributed by atoms with Crippen LogP contribution in [0.15, 0.2) is 34.3 Å². The fraction of sp³-hybridized carbons (Fsp3) is 0.333. The number of amides is 1. The van der Waals surface area contributed by atoms with E-state index in [1.165, 1.54) is 11.8 Å². The van der Waals surface area contributed by atoms with Crippen molar-refractivity contribution in [2.24, 2.45) is 0 Å². The number of hydrogen-bond acceptors (Lipinski definition) is 4. The largest absolute Gasteiger partial charge is 0.349 e. The topological polar surface area (TPSA) is 58.4 Å². The highest BCUT2D eigenvalue weighted by Crippen LogP contribution is 2.34. The van der Waals surface area contributed by atoms with Gasteiger partial charge < -0.3 is 10.6 Å². The molecule has 0 bridgehead atoms. The predicted molar refractivity (Wildman–Crippen MR) is 97.6 cm³/mol. The molecular weight excluding hydrogens is 355 g/mol. The Morgan fingerprint density at radius 2 is 2.09 bits per heavy atom. The number of rotatable bonds is 2. The van der Waals surface area contributed by atoms with Gasteiger partial charge in [0.1, 0.15) is 5.65 Å². The summed E-state index contributed by atoms with van der Waals surface area (Å²) in [6.45, 7) is 1.95. The highest BCUT2D eigenvalue weighted by molar-refractivity contribution is 8.04. The smallest absolute Gasteiger partial charge is 0.258 e. The zero-order chi connectivity index (χ0) is 14.2. The lowest BCUT2D eigenvalue weighted by Gasteiger charge is -2.24. The summed E-state index contributed by atoms with van der Waals surface area (Å²) >= 11 is 1.51. The Balaban J connectivity index is 0.000000960. The van der Waals surface area contributed by atoms with E-state index in [0.717, 1.165) is 47.2 Å². The second kappa shape index (κ2) is 7.57. The molecule has 0 spiro atoms. The van der Waals surface area contributed by atoms with Gasteiger partial charge in [-0.15, -0.1) is 24.8 Å². The third-order valence-electron chi connectivity index (χ3n) is 3.91. The van der Waals surface area contributed by atoms with E-state index in [0.29, 0.717) is 0 Å². The quantitative estimate of drug-likeness (QED) is 0.849. The van der Waals surface area contributed by atoms with Gasteiger partial charge in [-0.05, 0) is 44.1 Å². The lowest BCUT2D eigenvalue weighted by atomic mass is 10.1. The summed E-state index contributed by atoms with van der Waals surface area (Å²) in [5.74, 6) is 0.0244. The van der Waals surface area contributed by atoms with Crippen molar-refractivity contribution in [1.82, 2.24) is 20.0 Å². The molecule has 2 aliphatic heterocycles. The minimum atomic E-state index is 0. The van der Waals surface area contributed by atoms with Crippen molar-refractivity contribution in [3.63, 3.8) is 0 Å². The number of thioether (sulfide) groups is 1. The average Bonchev–Trinajstić information content (AvgIpc) is 2.93. The van der Waals surface area contributed by atoms with Crippen LogP contribution in [0.4, 0.5) is 0 Å². The van der Waals surface area contributed by atoms with Crippen molar-refractivity contribution in [3.05, 3.63) is 35.0 Å². The Hall–Kier alpha value is -1.21. The summed E-state index contributed by atoms with van der Waals surface area (Å²) in [7, 11) is 0. The predicted octanol–water partition coefficient (Wildman–Crippen LogP) is 2.49. The number of halogens is 2. The molecular formula is C15H18Cl2N4OS. The number of carbonyl (C=O) groups is 1. The van der Waals surface area contributed by atoms with Gasteiger partial charge in [0.25, 0.3) is 5.91 Å². The molecule has 0 aromatic carbocycles. The molecule has 4 rings (SSSR count). The molecule has 8 heteroatoms. The number of hydrogen-bond donors (Lipinski definition) is 2. The third-order valence-corrected chi connectivity index (χ3v) is 4.96. The molecule has 0 saturated carbocycles. The van der Waals surface area contributed by atoms with Gasteiger partial charge in [0.15, 0.2) is 0 Å². The van der Waals surface area contributed by atoms with E-state index in [2.05, 4.69) is 20.0 Å². The molecule has 1 amide bonds. The van der Waals surface area contributed by atoms with Crippen molar-refractivity contribution in [2.75, 3.05) is 13.1 Å². The van der Waals surface area contributed by atoms with Crippen LogP contribution in [0.3, 0.4) is 0 Å². The van der Waals surface area contributed by atoms with E-state index in [4.69, 9.17) is 0 Å². The van der Waals surface area contributed by atoms with Crippen molar-refractivity contribution in [3.8, 4) is 0 Å². The molecule has 0 radical (unpaired) electrons. The van der Waals surface area contributed by atoms with Crippen LogP contribution in [-0.2, 0) is 4.79 Å². The third kappa shape index (κ3) is 3.50. The van der Waals surface area contributed by atoms with E-state index in [9.17, 15) is 4.79 Å². The minimum Gasteiger partial charge on any atom is -0.349 e. The van der Waals surface area contributed by atoms with Crippen molar-refractivity contribution < 1.29 is 4.79 Å². The Kier molecular flexibility index (Phi) is 5.97. The number of imidazole rings is 1. The van der Waals surface area contributed by atoms with Crippen molar-refractivity contribution in [1.29, 1.82) is 0 Å². The number of pyridine rings is 1. The Labute approximate surface area is 151 Å². The van der Waals surface area contributed by atoms with Gasteiger partial charge in [0.2, 0.25) is 0 Å². The van der Waals surface area contributed by atoms with Crippen LogP contribution in [0.25, 0.3) is 11.7 Å². The molecule has 0 aliphatic carbocycles. The SMILES string of the molecule is Cl.Cl.O=C(NC1CCNCC1)C1=Cc2cnc3cccc(n23)S1. The van der Waals surface area contributed by atoms with E-state index < -0.39 is 0 Å². The summed E-state index contributed by atoms with van der Waals surface area (Å²) in [5, 5.41) is 7.49. The maximum Gasteiger partial charge on any atom is 0.258 e. The Morgan fingerprint density at radius 1 is 1.30 bits per heavy atom. The number of nitrogens with zero attached hydrogens (tertiary/aromatic N) is 2. The Bertz CT molecular complexity index is 740. The van der Waals surface area contributed by atoms with Crippen LogP contribution < -0.4 is 10.6 Å². The minimum absolute atomic E-state index is 0. The van der Waals surface area contributed by atoms with Crippen LogP contribution in [0.2, 0.25) is 0 Å². The molecule has 2 aliphatic rings. The first-order valence-electron chi connectivity index (χ1n) is 7.19. The van der Waals surface area contributed by atoms with Crippen LogP contribution in [-0.4, -0.2) is 34.4 Å². The molecule has 4 heterocycles. The molecule has 124 valence electrons. The molecule has 23 heavy (non-hydrogen) atoms. The number of aromatic nitrogens is 2. The van der Waals surface area contributed by atoms with Gasteiger partial charge >= 0.3 is 0 Å². The summed E-state index contributed by atoms with van der Waals surface area (Å²) in [5.41, 5.74) is 1.89. The number of carbonyl (C=O) groups excluding carboxylic acids is 1. The van der Waals surface area contributed by atoms with Crippen LogP contribution in [0, 0.1) is 0 Å². The second-order valence-electron chi connectivity index (χ2n) is 5.35.